The van der Waals surface area contributed by atoms with E-state index in [1.165, 1.54) is 83.1 Å². The third kappa shape index (κ3) is 5.61. The number of rotatable bonds is 6. The highest BCUT2D eigenvalue weighted by Crippen LogP contribution is 2.39. The summed E-state index contributed by atoms with van der Waals surface area (Å²) in [5, 5.41) is 2.59. The maximum absolute atomic E-state index is 4.46. The summed E-state index contributed by atoms with van der Waals surface area (Å²) in [6, 6.07) is 53.5. The Bertz CT molecular complexity index is 2380. The molecule has 0 unspecified atom stereocenters. The highest BCUT2D eigenvalue weighted by Gasteiger charge is 2.17. The number of benzene rings is 7. The summed E-state index contributed by atoms with van der Waals surface area (Å²) in [5.41, 5.74) is 18.9. The molecule has 0 spiro atoms. The van der Waals surface area contributed by atoms with Crippen LogP contribution in [0, 0.1) is 13.8 Å². The Hall–Kier alpha value is -5.72. The minimum atomic E-state index is 0.994. The molecule has 0 heteroatoms. The van der Waals surface area contributed by atoms with Crippen LogP contribution in [0.3, 0.4) is 0 Å². The smallest absolute Gasteiger partial charge is 0.0105 e. The van der Waals surface area contributed by atoms with Gasteiger partial charge in [-0.25, -0.2) is 0 Å². The van der Waals surface area contributed by atoms with Gasteiger partial charge in [-0.05, 0) is 134 Å². The normalized spacial score (nSPS) is 12.2. The number of fused-ring (bicyclic) bond motifs is 4. The number of hydrogen-bond acceptors (Lipinski definition) is 0. The molecule has 0 nitrogen and oxygen atoms in total. The van der Waals surface area contributed by atoms with E-state index in [2.05, 4.69) is 178 Å². The molecule has 0 bridgehead atoms. The minimum Gasteiger partial charge on any atom is -0.0912 e. The summed E-state index contributed by atoms with van der Waals surface area (Å²) in [6.07, 6.45) is 6.56. The van der Waals surface area contributed by atoms with Gasteiger partial charge in [-0.1, -0.05) is 152 Å². The zero-order valence-corrected chi connectivity index (χ0v) is 27.6. The molecule has 0 N–H and O–H groups in total. The summed E-state index contributed by atoms with van der Waals surface area (Å²) in [5.74, 6) is 0. The molecule has 1 aliphatic carbocycles. The molecule has 7 aromatic rings. The van der Waals surface area contributed by atoms with Gasteiger partial charge in [0.15, 0.2) is 0 Å². The van der Waals surface area contributed by atoms with Crippen LogP contribution in [-0.4, -0.2) is 0 Å². The predicted octanol–water partition coefficient (Wildman–Crippen LogP) is 12.9. The molecule has 48 heavy (non-hydrogen) atoms. The Balaban J connectivity index is 1.10. The third-order valence-corrected chi connectivity index (χ3v) is 10.0. The Kier molecular flexibility index (Phi) is 7.71. The topological polar surface area (TPSA) is 0 Å². The largest absolute Gasteiger partial charge is 0.0912 e. The maximum atomic E-state index is 4.46. The molecule has 1 aliphatic rings. The second-order valence-corrected chi connectivity index (χ2v) is 13.1. The van der Waals surface area contributed by atoms with E-state index >= 15 is 0 Å². The fourth-order valence-electron chi connectivity index (χ4n) is 7.30. The zero-order chi connectivity index (χ0) is 32.6. The number of allylic oxidation sites excluding steroid dienone is 2. The van der Waals surface area contributed by atoms with Crippen LogP contribution in [0.5, 0.6) is 0 Å². The molecule has 0 aliphatic heterocycles. The second kappa shape index (κ2) is 12.5. The lowest BCUT2D eigenvalue weighted by Gasteiger charge is -2.21. The predicted molar refractivity (Wildman–Crippen MR) is 207 cm³/mol. The van der Waals surface area contributed by atoms with Gasteiger partial charge < -0.3 is 0 Å². The Labute approximate surface area is 284 Å². The number of hydrogen-bond donors (Lipinski definition) is 0. The molecular formula is C48H38. The second-order valence-electron chi connectivity index (χ2n) is 13.1. The van der Waals surface area contributed by atoms with E-state index < -0.39 is 0 Å². The molecule has 0 fully saturated rings. The van der Waals surface area contributed by atoms with Gasteiger partial charge in [-0.2, -0.15) is 0 Å². The van der Waals surface area contributed by atoms with Crippen molar-refractivity contribution >= 4 is 22.4 Å². The van der Waals surface area contributed by atoms with E-state index in [0.29, 0.717) is 0 Å². The first-order valence-electron chi connectivity index (χ1n) is 16.9. The van der Waals surface area contributed by atoms with Crippen molar-refractivity contribution in [3.05, 3.63) is 192 Å². The highest BCUT2D eigenvalue weighted by molar-refractivity contribution is 5.91. The van der Waals surface area contributed by atoms with Crippen LogP contribution < -0.4 is 0 Å². The first kappa shape index (κ1) is 29.7. The first-order valence-corrected chi connectivity index (χ1v) is 16.9. The van der Waals surface area contributed by atoms with E-state index in [4.69, 9.17) is 0 Å². The number of aryl methyl sites for hydroxylation is 4. The van der Waals surface area contributed by atoms with Crippen molar-refractivity contribution in [2.24, 2.45) is 0 Å². The van der Waals surface area contributed by atoms with Gasteiger partial charge in [0.2, 0.25) is 0 Å². The lowest BCUT2D eigenvalue weighted by atomic mass is 9.84. The summed E-state index contributed by atoms with van der Waals surface area (Å²) >= 11 is 0. The minimum absolute atomic E-state index is 0.994. The summed E-state index contributed by atoms with van der Waals surface area (Å²) in [6.45, 7) is 8.83. The summed E-state index contributed by atoms with van der Waals surface area (Å²) in [4.78, 5) is 0. The van der Waals surface area contributed by atoms with Crippen LogP contribution in [0.2, 0.25) is 0 Å². The van der Waals surface area contributed by atoms with Gasteiger partial charge in [-0.15, -0.1) is 0 Å². The van der Waals surface area contributed by atoms with Gasteiger partial charge in [0.25, 0.3) is 0 Å². The molecule has 230 valence electrons. The van der Waals surface area contributed by atoms with Crippen molar-refractivity contribution in [2.75, 3.05) is 0 Å². The van der Waals surface area contributed by atoms with Crippen molar-refractivity contribution in [3.8, 4) is 44.5 Å². The van der Waals surface area contributed by atoms with Crippen molar-refractivity contribution in [2.45, 2.75) is 26.7 Å². The van der Waals surface area contributed by atoms with E-state index in [1.54, 1.807) is 0 Å². The molecule has 0 atom stereocenters. The van der Waals surface area contributed by atoms with Crippen LogP contribution in [0.1, 0.15) is 33.4 Å². The lowest BCUT2D eigenvalue weighted by molar-refractivity contribution is 0.942. The monoisotopic (exact) mass is 614 g/mol. The molecule has 0 saturated carbocycles. The van der Waals surface area contributed by atoms with Crippen molar-refractivity contribution in [1.82, 2.24) is 0 Å². The van der Waals surface area contributed by atoms with Gasteiger partial charge in [0.05, 0.1) is 0 Å². The van der Waals surface area contributed by atoms with E-state index in [9.17, 15) is 0 Å². The SMILES string of the molecule is C=C(/C=C\c1ccc2ccc(C)cc2c1C)c1cccc(-c2ccccc2-c2cccc(-c3ccc4c(c3)-c3ccccc3CC4)c2)c1. The van der Waals surface area contributed by atoms with E-state index in [1.807, 2.05) is 0 Å². The van der Waals surface area contributed by atoms with Gasteiger partial charge >= 0.3 is 0 Å². The fourth-order valence-corrected chi connectivity index (χ4v) is 7.30. The summed E-state index contributed by atoms with van der Waals surface area (Å²) < 4.78 is 0. The molecular weight excluding hydrogens is 577 g/mol. The fraction of sp³-hybridized carbons (Fsp3) is 0.0833. The quantitative estimate of drug-likeness (QED) is 0.164. The van der Waals surface area contributed by atoms with Crippen molar-refractivity contribution in [3.63, 3.8) is 0 Å². The van der Waals surface area contributed by atoms with Crippen LogP contribution in [0.4, 0.5) is 0 Å². The molecule has 0 amide bonds. The van der Waals surface area contributed by atoms with Crippen molar-refractivity contribution in [1.29, 1.82) is 0 Å². The van der Waals surface area contributed by atoms with Crippen LogP contribution >= 0.6 is 0 Å². The maximum Gasteiger partial charge on any atom is -0.0105 e. The third-order valence-electron chi connectivity index (χ3n) is 10.0. The standard InChI is InChI=1S/C48H38/c1-32-18-20-37-23-22-35(34(3)47(37)28-32)21-19-33(2)39-11-8-13-42(29-39)45-16-6-7-17-46(45)43-14-9-12-40(30-43)41-27-26-38-25-24-36-10-4-5-15-44(36)48(38)31-41/h4-23,26-31H,2,24-25H2,1,3H3/b21-19-. The molecule has 7 aromatic carbocycles. The average Bonchev–Trinajstić information content (AvgIpc) is 3.14. The van der Waals surface area contributed by atoms with Gasteiger partial charge in [-0.3, -0.25) is 0 Å². The average molecular weight is 615 g/mol. The lowest BCUT2D eigenvalue weighted by Crippen LogP contribution is -2.03. The molecule has 0 heterocycles. The molecule has 8 rings (SSSR count). The van der Waals surface area contributed by atoms with Crippen LogP contribution in [0.25, 0.3) is 66.9 Å². The van der Waals surface area contributed by atoms with E-state index in [0.717, 1.165) is 24.0 Å². The Morgan fingerprint density at radius 2 is 1.17 bits per heavy atom. The van der Waals surface area contributed by atoms with Crippen LogP contribution in [0.15, 0.2) is 158 Å². The Morgan fingerprint density at radius 1 is 0.521 bits per heavy atom. The van der Waals surface area contributed by atoms with Crippen molar-refractivity contribution < 1.29 is 0 Å². The Morgan fingerprint density at radius 3 is 1.98 bits per heavy atom. The van der Waals surface area contributed by atoms with Gasteiger partial charge in [0, 0.05) is 0 Å². The first-order chi connectivity index (χ1) is 23.5. The van der Waals surface area contributed by atoms with Crippen LogP contribution in [-0.2, 0) is 12.8 Å². The highest BCUT2D eigenvalue weighted by atomic mass is 14.2. The van der Waals surface area contributed by atoms with Gasteiger partial charge in [0.1, 0.15) is 0 Å². The zero-order valence-electron chi connectivity index (χ0n) is 27.6. The molecule has 0 radical (unpaired) electrons. The molecule has 0 aromatic heterocycles. The summed E-state index contributed by atoms with van der Waals surface area (Å²) in [7, 11) is 0. The molecule has 0 saturated heterocycles. The van der Waals surface area contributed by atoms with E-state index in [-0.39, 0.29) is 0 Å².